The van der Waals surface area contributed by atoms with Crippen LogP contribution in [-0.2, 0) is 11.2 Å². The van der Waals surface area contributed by atoms with Crippen molar-refractivity contribution in [2.24, 2.45) is 22.5 Å². The highest BCUT2D eigenvalue weighted by Crippen LogP contribution is 2.36. The van der Waals surface area contributed by atoms with E-state index < -0.39 is 0 Å². The summed E-state index contributed by atoms with van der Waals surface area (Å²) in [5, 5.41) is 7.74. The number of amidine groups is 1. The molecule has 10 nitrogen and oxygen atoms in total. The topological polar surface area (TPSA) is 157 Å². The van der Waals surface area contributed by atoms with Gasteiger partial charge in [0.1, 0.15) is 17.4 Å². The molecule has 0 spiro atoms. The van der Waals surface area contributed by atoms with E-state index in [1.54, 1.807) is 30.0 Å². The first-order valence-corrected chi connectivity index (χ1v) is 16.0. The number of ether oxygens (including phenoxy) is 1. The number of nitrogens with one attached hydrogen (secondary N) is 2. The number of hydrogen-bond acceptors (Lipinski definition) is 9. The number of nitrogen functional groups attached to an aromatic ring is 1. The number of hydrogen-bond donors (Lipinski definition) is 5. The molecule has 0 fully saturated rings. The molecule has 4 rings (SSSR count). The molecule has 0 bridgehead atoms. The summed E-state index contributed by atoms with van der Waals surface area (Å²) in [6.07, 6.45) is 10.4. The number of halogens is 2. The zero-order valence-electron chi connectivity index (χ0n) is 24.5. The summed E-state index contributed by atoms with van der Waals surface area (Å²) < 4.78 is 6.31. The van der Waals surface area contributed by atoms with Crippen LogP contribution in [0.15, 0.2) is 113 Å². The van der Waals surface area contributed by atoms with Crippen LogP contribution in [0.5, 0.6) is 0 Å². The maximum atomic E-state index is 12.7. The number of aromatic nitrogens is 1. The number of nitrogens with two attached hydrogens (primary N) is 3. The molecule has 13 heteroatoms. The average molecular weight is 668 g/mol. The average Bonchev–Trinajstić information content (AvgIpc) is 3.06. The molecule has 1 amide bonds. The number of carbonyl (C=O) groups excluding carboxylic acids is 1. The normalized spacial score (nSPS) is 15.0. The molecule has 3 aromatic rings. The minimum atomic E-state index is -0.224. The number of rotatable bonds is 15. The number of hydrazine groups is 1. The number of pyridine rings is 1. The van der Waals surface area contributed by atoms with Crippen LogP contribution in [0.25, 0.3) is 0 Å². The number of thioether (sulfide) groups is 1. The molecule has 0 radical (unpaired) electrons. The van der Waals surface area contributed by atoms with Gasteiger partial charge in [0, 0.05) is 36.4 Å². The number of benzene rings is 2. The molecule has 0 saturated carbocycles. The number of allylic oxidation sites excluding steroid dienone is 2. The number of amides is 1. The van der Waals surface area contributed by atoms with Gasteiger partial charge in [0.15, 0.2) is 0 Å². The zero-order valence-corrected chi connectivity index (χ0v) is 26.9. The molecule has 0 aliphatic carbocycles. The van der Waals surface area contributed by atoms with E-state index in [0.29, 0.717) is 59.1 Å². The Hall–Kier alpha value is -4.16. The molecule has 2 heterocycles. The van der Waals surface area contributed by atoms with Gasteiger partial charge in [0.25, 0.3) is 5.91 Å². The predicted octanol–water partition coefficient (Wildman–Crippen LogP) is 5.08. The van der Waals surface area contributed by atoms with E-state index in [-0.39, 0.29) is 17.8 Å². The Bertz CT molecular complexity index is 1530. The van der Waals surface area contributed by atoms with E-state index in [9.17, 15) is 4.79 Å². The molecular weight excluding hydrogens is 631 g/mol. The van der Waals surface area contributed by atoms with Crippen molar-refractivity contribution in [3.8, 4) is 0 Å². The van der Waals surface area contributed by atoms with Gasteiger partial charge < -0.3 is 32.0 Å². The van der Waals surface area contributed by atoms with Gasteiger partial charge in [0.05, 0.1) is 34.0 Å². The fraction of sp³-hybridized carbons (Fsp3) is 0.219. The van der Waals surface area contributed by atoms with E-state index in [0.717, 1.165) is 17.0 Å². The molecule has 236 valence electrons. The smallest absolute Gasteiger partial charge is 0.252 e. The Balaban J connectivity index is 1.52. The molecular formula is C32H36Cl2N8O2S. The third-order valence-corrected chi connectivity index (χ3v) is 8.93. The van der Waals surface area contributed by atoms with Crippen molar-refractivity contribution in [2.45, 2.75) is 23.8 Å². The first-order valence-electron chi connectivity index (χ1n) is 14.2. The van der Waals surface area contributed by atoms with Crippen LogP contribution in [0.4, 0.5) is 5.82 Å². The van der Waals surface area contributed by atoms with E-state index in [2.05, 4.69) is 43.9 Å². The Kier molecular flexibility index (Phi) is 13.0. The zero-order chi connectivity index (χ0) is 32.0. The van der Waals surface area contributed by atoms with Crippen molar-refractivity contribution in [3.05, 3.63) is 124 Å². The van der Waals surface area contributed by atoms with Gasteiger partial charge in [-0.05, 0) is 54.5 Å². The van der Waals surface area contributed by atoms with Gasteiger partial charge in [-0.15, -0.1) is 11.8 Å². The van der Waals surface area contributed by atoms with E-state index in [4.69, 9.17) is 45.4 Å². The summed E-state index contributed by atoms with van der Waals surface area (Å²) >= 11 is 14.5. The van der Waals surface area contributed by atoms with Crippen LogP contribution in [-0.4, -0.2) is 53.1 Å². The van der Waals surface area contributed by atoms with E-state index in [1.165, 1.54) is 11.8 Å². The monoisotopic (exact) mass is 666 g/mol. The summed E-state index contributed by atoms with van der Waals surface area (Å²) in [7, 11) is 0. The molecule has 2 aromatic carbocycles. The fourth-order valence-electron chi connectivity index (χ4n) is 4.53. The second-order valence-electron chi connectivity index (χ2n) is 9.89. The third-order valence-electron chi connectivity index (χ3n) is 6.84. The molecule has 1 aliphatic heterocycles. The number of hydrazone groups is 1. The lowest BCUT2D eigenvalue weighted by molar-refractivity contribution is 0.0951. The lowest BCUT2D eigenvalue weighted by Gasteiger charge is -2.36. The van der Waals surface area contributed by atoms with Crippen molar-refractivity contribution in [3.63, 3.8) is 0 Å². The van der Waals surface area contributed by atoms with Crippen molar-refractivity contribution >= 4 is 52.5 Å². The molecule has 0 saturated heterocycles. The highest BCUT2D eigenvalue weighted by atomic mass is 35.5. The van der Waals surface area contributed by atoms with Crippen molar-refractivity contribution in [1.82, 2.24) is 15.2 Å². The van der Waals surface area contributed by atoms with Crippen molar-refractivity contribution in [1.29, 1.82) is 0 Å². The highest BCUT2D eigenvalue weighted by Gasteiger charge is 2.25. The maximum Gasteiger partial charge on any atom is 0.252 e. The minimum absolute atomic E-state index is 0.0595. The Morgan fingerprint density at radius 3 is 2.58 bits per heavy atom. The molecule has 45 heavy (non-hydrogen) atoms. The standard InChI is InChI=1S/C32H36Cl2N8O2S/c33-25-8-4-9-26(34)31(25)45-21-24-11-13-28(44-19-16-22-6-2-1-3-7-22)27(12-14-29(35)40-36)42(24)18-5-17-38-32(43)23-10-15-30(41-37)39-20-23/h1-4,6-15,20,24H,5,16-19,21,36-37H2,(H2,35,40)(H,38,43)(H,39,41). The Morgan fingerprint density at radius 2 is 1.89 bits per heavy atom. The molecule has 1 atom stereocenters. The first kappa shape index (κ1) is 33.7. The van der Waals surface area contributed by atoms with Gasteiger partial charge >= 0.3 is 0 Å². The molecule has 1 aliphatic rings. The summed E-state index contributed by atoms with van der Waals surface area (Å²) in [5.41, 5.74) is 10.8. The Morgan fingerprint density at radius 1 is 1.11 bits per heavy atom. The van der Waals surface area contributed by atoms with Gasteiger partial charge in [-0.2, -0.15) is 5.10 Å². The maximum absolute atomic E-state index is 12.7. The summed E-state index contributed by atoms with van der Waals surface area (Å²) in [6.45, 7) is 1.50. The molecule has 8 N–H and O–H groups in total. The highest BCUT2D eigenvalue weighted by molar-refractivity contribution is 7.99. The second kappa shape index (κ2) is 17.4. The predicted molar refractivity (Wildman–Crippen MR) is 184 cm³/mol. The van der Waals surface area contributed by atoms with Crippen molar-refractivity contribution in [2.75, 3.05) is 30.9 Å². The van der Waals surface area contributed by atoms with Crippen LogP contribution in [0.1, 0.15) is 22.3 Å². The van der Waals surface area contributed by atoms with E-state index in [1.807, 2.05) is 48.6 Å². The van der Waals surface area contributed by atoms with Crippen LogP contribution in [0, 0.1) is 0 Å². The largest absolute Gasteiger partial charge is 0.491 e. The van der Waals surface area contributed by atoms with Gasteiger partial charge in [-0.25, -0.2) is 10.8 Å². The fourth-order valence-corrected chi connectivity index (χ4v) is 6.29. The summed E-state index contributed by atoms with van der Waals surface area (Å²) in [5.74, 6) is 12.5. The third kappa shape index (κ3) is 9.92. The van der Waals surface area contributed by atoms with E-state index >= 15 is 0 Å². The molecule has 1 aromatic heterocycles. The van der Waals surface area contributed by atoms with Crippen molar-refractivity contribution < 1.29 is 9.53 Å². The molecule has 1 unspecified atom stereocenters. The van der Waals surface area contributed by atoms with Gasteiger partial charge in [-0.1, -0.05) is 65.7 Å². The number of nitrogens with zero attached hydrogens (tertiary/aromatic N) is 3. The quantitative estimate of drug-likeness (QED) is 0.0372. The first-order chi connectivity index (χ1) is 21.9. The lowest BCUT2D eigenvalue weighted by atomic mass is 10.1. The number of anilines is 1. The van der Waals surface area contributed by atoms with Crippen LogP contribution >= 0.6 is 35.0 Å². The van der Waals surface area contributed by atoms with Crippen LogP contribution in [0.3, 0.4) is 0 Å². The summed E-state index contributed by atoms with van der Waals surface area (Å²) in [4.78, 5) is 19.8. The van der Waals surface area contributed by atoms with Crippen LogP contribution in [0.2, 0.25) is 10.0 Å². The Labute approximate surface area is 277 Å². The number of carbonyl (C=O) groups is 1. The minimum Gasteiger partial charge on any atom is -0.491 e. The van der Waals surface area contributed by atoms with Gasteiger partial charge in [0.2, 0.25) is 0 Å². The van der Waals surface area contributed by atoms with Gasteiger partial charge in [-0.3, -0.25) is 4.79 Å². The second-order valence-corrected chi connectivity index (χ2v) is 11.7. The lowest BCUT2D eigenvalue weighted by Crippen LogP contribution is -2.39. The summed E-state index contributed by atoms with van der Waals surface area (Å²) in [6, 6.07) is 18.9. The van der Waals surface area contributed by atoms with Crippen LogP contribution < -0.4 is 28.2 Å². The SMILES string of the molecule is NN=C(N)C=CC1=C(OCCc2ccccc2)C=CC(CSc2c(Cl)cccc2Cl)N1CCCNC(=O)c1ccc(NN)nc1.